The fourth-order valence-corrected chi connectivity index (χ4v) is 6.22. The molecule has 3 fully saturated rings. The van der Waals surface area contributed by atoms with Crippen molar-refractivity contribution in [2.24, 2.45) is 11.3 Å². The molecule has 3 heterocycles. The second kappa shape index (κ2) is 10.0. The van der Waals surface area contributed by atoms with Gasteiger partial charge in [0.2, 0.25) is 12.3 Å². The molecular formula is C26H38N6O2. The molecule has 0 radical (unpaired) electrons. The first-order chi connectivity index (χ1) is 16.6. The summed E-state index contributed by atoms with van der Waals surface area (Å²) < 4.78 is 2.22. The van der Waals surface area contributed by atoms with E-state index < -0.39 is 0 Å². The lowest BCUT2D eigenvalue weighted by molar-refractivity contribution is -0.125. The molecule has 184 valence electrons. The third-order valence-electron chi connectivity index (χ3n) is 8.51. The molecule has 3 aliphatic rings. The Kier molecular flexibility index (Phi) is 6.88. The number of anilines is 1. The first-order valence-electron chi connectivity index (χ1n) is 12.9. The highest BCUT2D eigenvalue weighted by atomic mass is 16.2. The lowest BCUT2D eigenvalue weighted by Crippen LogP contribution is -2.55. The summed E-state index contributed by atoms with van der Waals surface area (Å²) in [6, 6.07) is 6.73. The van der Waals surface area contributed by atoms with Crippen LogP contribution in [0.5, 0.6) is 0 Å². The van der Waals surface area contributed by atoms with E-state index in [9.17, 15) is 9.59 Å². The summed E-state index contributed by atoms with van der Waals surface area (Å²) in [4.78, 5) is 26.9. The molecule has 1 saturated carbocycles. The molecule has 0 bridgehead atoms. The Hall–Kier alpha value is -2.45. The number of hydrogen-bond donors (Lipinski definition) is 2. The van der Waals surface area contributed by atoms with Crippen LogP contribution in [0, 0.1) is 11.3 Å². The number of amides is 2. The average Bonchev–Trinajstić information content (AvgIpc) is 3.27. The van der Waals surface area contributed by atoms with Gasteiger partial charge in [0.05, 0.1) is 17.8 Å². The van der Waals surface area contributed by atoms with Crippen LogP contribution in [0.2, 0.25) is 0 Å². The average molecular weight is 467 g/mol. The van der Waals surface area contributed by atoms with Crippen LogP contribution in [0.15, 0.2) is 24.4 Å². The summed E-state index contributed by atoms with van der Waals surface area (Å²) in [5.41, 5.74) is 2.88. The molecule has 1 spiro atoms. The largest absolute Gasteiger partial charge is 0.373 e. The zero-order valence-corrected chi connectivity index (χ0v) is 20.3. The second-order valence-electron chi connectivity index (χ2n) is 10.7. The molecule has 8 heteroatoms. The molecule has 5 rings (SSSR count). The number of rotatable bonds is 8. The number of fused-ring (bicyclic) bond motifs is 1. The smallest absolute Gasteiger partial charge is 0.228 e. The summed E-state index contributed by atoms with van der Waals surface area (Å²) in [7, 11) is 1.98. The summed E-state index contributed by atoms with van der Waals surface area (Å²) in [6.07, 6.45) is 10.6. The summed E-state index contributed by atoms with van der Waals surface area (Å²) in [6.45, 7) is 6.61. The number of aromatic nitrogens is 2. The quantitative estimate of drug-likeness (QED) is 0.582. The molecular weight excluding hydrogens is 428 g/mol. The molecule has 2 amide bonds. The number of carbonyl (C=O) groups is 2. The maximum atomic E-state index is 11.7. The van der Waals surface area contributed by atoms with E-state index in [4.69, 9.17) is 5.10 Å². The van der Waals surface area contributed by atoms with Crippen molar-refractivity contribution in [2.75, 3.05) is 51.2 Å². The highest BCUT2D eigenvalue weighted by molar-refractivity contribution is 5.92. The van der Waals surface area contributed by atoms with Gasteiger partial charge in [-0.2, -0.15) is 5.10 Å². The highest BCUT2D eigenvalue weighted by Crippen LogP contribution is 2.42. The Bertz CT molecular complexity index is 998. The Morgan fingerprint density at radius 2 is 2.00 bits per heavy atom. The van der Waals surface area contributed by atoms with Crippen molar-refractivity contribution in [1.29, 1.82) is 0 Å². The van der Waals surface area contributed by atoms with Gasteiger partial charge >= 0.3 is 0 Å². The minimum absolute atomic E-state index is 0.260. The van der Waals surface area contributed by atoms with E-state index in [1.54, 1.807) is 0 Å². The first kappa shape index (κ1) is 23.3. The van der Waals surface area contributed by atoms with Crippen LogP contribution in [0.4, 0.5) is 5.69 Å². The third-order valence-corrected chi connectivity index (χ3v) is 8.51. The molecule has 2 aromatic rings. The van der Waals surface area contributed by atoms with Gasteiger partial charge in [-0.1, -0.05) is 6.07 Å². The summed E-state index contributed by atoms with van der Waals surface area (Å²) in [5.74, 6) is 0.615. The molecule has 0 unspecified atom stereocenters. The Balaban J connectivity index is 1.16. The standard InChI is InChI=1S/C26H38N6O2/c1-30(12-9-25(34)28-19-33)23-3-2-4-24-22(23)15-29-32(24)21-7-13-31(14-8-21)16-20-5-10-26(11-6-20)17-27-18-26/h2-4,15,19-21,27H,5-14,16-18H2,1H3,(H,28,33,34). The van der Waals surface area contributed by atoms with Gasteiger partial charge in [0.1, 0.15) is 0 Å². The zero-order valence-electron chi connectivity index (χ0n) is 20.3. The monoisotopic (exact) mass is 466 g/mol. The van der Waals surface area contributed by atoms with Crippen molar-refractivity contribution in [3.8, 4) is 0 Å². The van der Waals surface area contributed by atoms with Crippen LogP contribution >= 0.6 is 0 Å². The van der Waals surface area contributed by atoms with Crippen molar-refractivity contribution in [3.63, 3.8) is 0 Å². The number of carbonyl (C=O) groups excluding carboxylic acids is 2. The van der Waals surface area contributed by atoms with Crippen LogP contribution < -0.4 is 15.5 Å². The van der Waals surface area contributed by atoms with Crippen molar-refractivity contribution in [1.82, 2.24) is 25.3 Å². The van der Waals surface area contributed by atoms with E-state index in [0.717, 1.165) is 48.4 Å². The number of likely N-dealkylation sites (tertiary alicyclic amines) is 1. The number of nitrogens with zero attached hydrogens (tertiary/aromatic N) is 4. The van der Waals surface area contributed by atoms with E-state index >= 15 is 0 Å². The van der Waals surface area contributed by atoms with Crippen molar-refractivity contribution in [2.45, 2.75) is 51.0 Å². The van der Waals surface area contributed by atoms with Gasteiger partial charge in [-0.05, 0) is 62.0 Å². The van der Waals surface area contributed by atoms with Crippen LogP contribution in [-0.4, -0.2) is 73.3 Å². The maximum absolute atomic E-state index is 11.7. The fourth-order valence-electron chi connectivity index (χ4n) is 6.22. The van der Waals surface area contributed by atoms with Crippen LogP contribution in [-0.2, 0) is 9.59 Å². The number of piperidine rings is 1. The van der Waals surface area contributed by atoms with Crippen LogP contribution in [0.25, 0.3) is 10.9 Å². The van der Waals surface area contributed by atoms with Gasteiger partial charge in [0.15, 0.2) is 0 Å². The topological polar surface area (TPSA) is 82.5 Å². The molecule has 2 saturated heterocycles. The van der Waals surface area contributed by atoms with Gasteiger partial charge in [0.25, 0.3) is 0 Å². The first-order valence-corrected chi connectivity index (χ1v) is 12.9. The predicted molar refractivity (Wildman–Crippen MR) is 134 cm³/mol. The molecule has 1 aliphatic carbocycles. The van der Waals surface area contributed by atoms with E-state index in [0.29, 0.717) is 24.4 Å². The molecule has 1 aromatic carbocycles. The van der Waals surface area contributed by atoms with E-state index in [2.05, 4.69) is 43.3 Å². The van der Waals surface area contributed by atoms with E-state index in [-0.39, 0.29) is 12.3 Å². The lowest BCUT2D eigenvalue weighted by Gasteiger charge is -2.48. The minimum atomic E-state index is -0.260. The van der Waals surface area contributed by atoms with Crippen molar-refractivity contribution >= 4 is 28.9 Å². The molecule has 8 nitrogen and oxygen atoms in total. The van der Waals surface area contributed by atoms with Gasteiger partial charge in [-0.3, -0.25) is 19.6 Å². The zero-order chi connectivity index (χ0) is 23.5. The van der Waals surface area contributed by atoms with Crippen molar-refractivity contribution in [3.05, 3.63) is 24.4 Å². The van der Waals surface area contributed by atoms with Gasteiger partial charge < -0.3 is 15.1 Å². The Labute approximate surface area is 202 Å². The third kappa shape index (κ3) is 4.84. The summed E-state index contributed by atoms with van der Waals surface area (Å²) >= 11 is 0. The Morgan fingerprint density at radius 3 is 2.68 bits per heavy atom. The van der Waals surface area contributed by atoms with Crippen LogP contribution in [0.3, 0.4) is 0 Å². The maximum Gasteiger partial charge on any atom is 0.228 e. The van der Waals surface area contributed by atoms with Crippen LogP contribution in [0.1, 0.15) is 51.0 Å². The lowest BCUT2D eigenvalue weighted by atomic mass is 9.67. The van der Waals surface area contributed by atoms with Gasteiger partial charge in [0, 0.05) is 63.8 Å². The number of benzene rings is 1. The minimum Gasteiger partial charge on any atom is -0.373 e. The second-order valence-corrected chi connectivity index (χ2v) is 10.7. The van der Waals surface area contributed by atoms with Gasteiger partial charge in [-0.25, -0.2) is 0 Å². The number of hydrogen-bond acceptors (Lipinski definition) is 6. The predicted octanol–water partition coefficient (Wildman–Crippen LogP) is 2.55. The molecule has 0 atom stereocenters. The van der Waals surface area contributed by atoms with E-state index in [1.807, 2.05) is 13.2 Å². The Morgan fingerprint density at radius 1 is 1.24 bits per heavy atom. The summed E-state index contributed by atoms with van der Waals surface area (Å²) in [5, 5.41) is 11.6. The number of imide groups is 1. The fraction of sp³-hybridized carbons (Fsp3) is 0.654. The molecule has 1 aromatic heterocycles. The molecule has 2 N–H and O–H groups in total. The number of nitrogens with one attached hydrogen (secondary N) is 2. The van der Waals surface area contributed by atoms with E-state index in [1.165, 1.54) is 45.3 Å². The van der Waals surface area contributed by atoms with Gasteiger partial charge in [-0.15, -0.1) is 0 Å². The SMILES string of the molecule is CN(CCC(=O)NC=O)c1cccc2c1cnn2C1CCN(CC2CCC3(CC2)CNC3)CC1. The molecule has 2 aliphatic heterocycles. The highest BCUT2D eigenvalue weighted by Gasteiger charge is 2.40. The normalized spacial score (nSPS) is 21.4. The van der Waals surface area contributed by atoms with Crippen molar-refractivity contribution < 1.29 is 9.59 Å². The molecule has 34 heavy (non-hydrogen) atoms.